The number of imide groups is 1. The Morgan fingerprint density at radius 3 is 2.52 bits per heavy atom. The van der Waals surface area contributed by atoms with E-state index < -0.39 is 17.5 Å². The number of carbonyl (C=O) groups is 3. The first-order chi connectivity index (χ1) is 13.9. The Hall–Kier alpha value is -2.74. The molecule has 1 aliphatic carbocycles. The molecule has 0 bridgehead atoms. The summed E-state index contributed by atoms with van der Waals surface area (Å²) in [5, 5.41) is 5.93. The van der Waals surface area contributed by atoms with E-state index in [1.807, 2.05) is 12.1 Å². The number of nitrogens with zero attached hydrogens (tertiary/aromatic N) is 2. The summed E-state index contributed by atoms with van der Waals surface area (Å²) >= 11 is 1.35. The maximum Gasteiger partial charge on any atom is 0.344 e. The summed E-state index contributed by atoms with van der Waals surface area (Å²) in [5.74, 6) is -0.503. The number of urea groups is 1. The van der Waals surface area contributed by atoms with Crippen molar-refractivity contribution in [3.05, 3.63) is 40.9 Å². The standard InChI is InChI=1S/C21H24N4O3S/c1-13(2)14-6-8-15(9-7-14)18-22-16(12-29-18)17(26)24-25-19(27)21(23-20(25)28)10-4-3-5-11-21/h6-9,12-13H,3-5,10-11H2,1-2H3,(H,23,28)(H,24,26). The molecular formula is C21H24N4O3S. The molecule has 1 spiro atoms. The molecular weight excluding hydrogens is 388 g/mol. The van der Waals surface area contributed by atoms with Gasteiger partial charge in [-0.2, -0.15) is 5.01 Å². The molecule has 2 aromatic rings. The van der Waals surface area contributed by atoms with E-state index in [1.54, 1.807) is 5.38 Å². The molecule has 0 unspecified atom stereocenters. The predicted octanol–water partition coefficient (Wildman–Crippen LogP) is 3.83. The Morgan fingerprint density at radius 2 is 1.86 bits per heavy atom. The van der Waals surface area contributed by atoms with Gasteiger partial charge in [0.25, 0.3) is 11.8 Å². The summed E-state index contributed by atoms with van der Waals surface area (Å²) in [7, 11) is 0. The van der Waals surface area contributed by atoms with Crippen LogP contribution in [-0.4, -0.2) is 33.4 Å². The Balaban J connectivity index is 1.47. The molecule has 2 heterocycles. The Bertz CT molecular complexity index is 945. The summed E-state index contributed by atoms with van der Waals surface area (Å²) in [6.45, 7) is 4.27. The van der Waals surface area contributed by atoms with E-state index in [2.05, 4.69) is 41.7 Å². The Labute approximate surface area is 173 Å². The van der Waals surface area contributed by atoms with Crippen LogP contribution in [0.2, 0.25) is 0 Å². The molecule has 1 aromatic heterocycles. The maximum atomic E-state index is 12.8. The van der Waals surface area contributed by atoms with Crippen molar-refractivity contribution in [2.75, 3.05) is 0 Å². The SMILES string of the molecule is CC(C)c1ccc(-c2nc(C(=O)NN3C(=O)NC4(CCCCC4)C3=O)cs2)cc1. The molecule has 7 nitrogen and oxygen atoms in total. The van der Waals surface area contributed by atoms with Gasteiger partial charge in [-0.3, -0.25) is 15.0 Å². The largest absolute Gasteiger partial charge is 0.344 e. The first-order valence-corrected chi connectivity index (χ1v) is 10.8. The van der Waals surface area contributed by atoms with E-state index in [0.29, 0.717) is 23.8 Å². The minimum absolute atomic E-state index is 0.183. The number of hydrazine groups is 1. The molecule has 2 fully saturated rings. The minimum atomic E-state index is -0.867. The third-order valence-corrected chi connectivity index (χ3v) is 6.53. The lowest BCUT2D eigenvalue weighted by Gasteiger charge is -2.30. The highest BCUT2D eigenvalue weighted by Crippen LogP contribution is 2.33. The second kappa shape index (κ2) is 7.59. The summed E-state index contributed by atoms with van der Waals surface area (Å²) < 4.78 is 0. The van der Waals surface area contributed by atoms with E-state index in [1.165, 1.54) is 16.9 Å². The minimum Gasteiger partial charge on any atom is -0.322 e. The van der Waals surface area contributed by atoms with E-state index in [9.17, 15) is 14.4 Å². The lowest BCUT2D eigenvalue weighted by molar-refractivity contribution is -0.134. The van der Waals surface area contributed by atoms with Crippen LogP contribution >= 0.6 is 11.3 Å². The third kappa shape index (κ3) is 3.64. The molecule has 2 aliphatic rings. The number of thiazole rings is 1. The molecule has 2 N–H and O–H groups in total. The van der Waals surface area contributed by atoms with Crippen LogP contribution in [0.3, 0.4) is 0 Å². The second-order valence-corrected chi connectivity index (χ2v) is 8.83. The molecule has 152 valence electrons. The number of rotatable bonds is 4. The summed E-state index contributed by atoms with van der Waals surface area (Å²) in [6, 6.07) is 7.50. The van der Waals surface area contributed by atoms with Gasteiger partial charge in [0.2, 0.25) is 0 Å². The first-order valence-electron chi connectivity index (χ1n) is 9.93. The van der Waals surface area contributed by atoms with Gasteiger partial charge in [-0.05, 0) is 24.3 Å². The van der Waals surface area contributed by atoms with Crippen LogP contribution in [0.1, 0.15) is 67.9 Å². The fourth-order valence-corrected chi connectivity index (χ4v) is 4.70. The normalized spacial score (nSPS) is 18.4. The fourth-order valence-electron chi connectivity index (χ4n) is 3.90. The van der Waals surface area contributed by atoms with Gasteiger partial charge in [0, 0.05) is 10.9 Å². The predicted molar refractivity (Wildman–Crippen MR) is 110 cm³/mol. The number of nitrogens with one attached hydrogen (secondary N) is 2. The van der Waals surface area contributed by atoms with Crippen LogP contribution < -0.4 is 10.7 Å². The van der Waals surface area contributed by atoms with Crippen LogP contribution in [0.5, 0.6) is 0 Å². The molecule has 4 rings (SSSR count). The van der Waals surface area contributed by atoms with Gasteiger partial charge >= 0.3 is 6.03 Å². The van der Waals surface area contributed by atoms with Crippen LogP contribution in [-0.2, 0) is 4.79 Å². The number of hydrogen-bond acceptors (Lipinski definition) is 5. The Morgan fingerprint density at radius 1 is 1.17 bits per heavy atom. The van der Waals surface area contributed by atoms with Gasteiger partial charge in [0.05, 0.1) is 0 Å². The quantitative estimate of drug-likeness (QED) is 0.747. The average molecular weight is 413 g/mol. The van der Waals surface area contributed by atoms with E-state index in [-0.39, 0.29) is 11.6 Å². The highest BCUT2D eigenvalue weighted by molar-refractivity contribution is 7.13. The summed E-state index contributed by atoms with van der Waals surface area (Å²) in [5.41, 5.74) is 3.91. The van der Waals surface area contributed by atoms with Crippen molar-refractivity contribution >= 4 is 29.2 Å². The van der Waals surface area contributed by atoms with Crippen LogP contribution in [0.25, 0.3) is 10.6 Å². The molecule has 0 radical (unpaired) electrons. The zero-order chi connectivity index (χ0) is 20.6. The molecule has 1 aromatic carbocycles. The molecule has 8 heteroatoms. The molecule has 1 aliphatic heterocycles. The highest BCUT2D eigenvalue weighted by Gasteiger charge is 2.52. The number of aromatic nitrogens is 1. The van der Waals surface area contributed by atoms with Gasteiger partial charge in [0.15, 0.2) is 0 Å². The van der Waals surface area contributed by atoms with Gasteiger partial charge in [-0.25, -0.2) is 9.78 Å². The number of benzene rings is 1. The zero-order valence-electron chi connectivity index (χ0n) is 16.5. The fraction of sp³-hybridized carbons (Fsp3) is 0.429. The van der Waals surface area contributed by atoms with Crippen LogP contribution in [0, 0.1) is 0 Å². The van der Waals surface area contributed by atoms with Gasteiger partial charge in [0.1, 0.15) is 16.2 Å². The van der Waals surface area contributed by atoms with Crippen LogP contribution in [0.15, 0.2) is 29.6 Å². The molecule has 1 saturated carbocycles. The van der Waals surface area contributed by atoms with E-state index >= 15 is 0 Å². The smallest absolute Gasteiger partial charge is 0.322 e. The highest BCUT2D eigenvalue weighted by atomic mass is 32.1. The molecule has 1 saturated heterocycles. The lowest BCUT2D eigenvalue weighted by atomic mass is 9.82. The summed E-state index contributed by atoms with van der Waals surface area (Å²) in [6.07, 6.45) is 4.04. The third-order valence-electron chi connectivity index (χ3n) is 5.64. The van der Waals surface area contributed by atoms with Crippen molar-refractivity contribution in [1.29, 1.82) is 0 Å². The van der Waals surface area contributed by atoms with Crippen molar-refractivity contribution in [2.45, 2.75) is 57.4 Å². The number of amides is 4. The van der Waals surface area contributed by atoms with E-state index in [0.717, 1.165) is 29.8 Å². The van der Waals surface area contributed by atoms with Crippen molar-refractivity contribution in [1.82, 2.24) is 20.7 Å². The van der Waals surface area contributed by atoms with Crippen molar-refractivity contribution in [3.63, 3.8) is 0 Å². The van der Waals surface area contributed by atoms with Gasteiger partial charge < -0.3 is 5.32 Å². The van der Waals surface area contributed by atoms with Crippen molar-refractivity contribution < 1.29 is 14.4 Å². The van der Waals surface area contributed by atoms with Crippen LogP contribution in [0.4, 0.5) is 4.79 Å². The number of carbonyl (C=O) groups excluding carboxylic acids is 3. The monoisotopic (exact) mass is 412 g/mol. The lowest BCUT2D eigenvalue weighted by Crippen LogP contribution is -2.51. The van der Waals surface area contributed by atoms with Gasteiger partial charge in [-0.15, -0.1) is 11.3 Å². The maximum absolute atomic E-state index is 12.8. The van der Waals surface area contributed by atoms with E-state index in [4.69, 9.17) is 0 Å². The molecule has 0 atom stereocenters. The Kier molecular flexibility index (Phi) is 5.12. The van der Waals surface area contributed by atoms with Crippen molar-refractivity contribution in [3.8, 4) is 10.6 Å². The second-order valence-electron chi connectivity index (χ2n) is 7.97. The first kappa shape index (κ1) is 19.6. The van der Waals surface area contributed by atoms with Crippen molar-refractivity contribution in [2.24, 2.45) is 0 Å². The topological polar surface area (TPSA) is 91.4 Å². The zero-order valence-corrected chi connectivity index (χ0v) is 17.3. The summed E-state index contributed by atoms with van der Waals surface area (Å²) in [4.78, 5) is 42.1. The molecule has 29 heavy (non-hydrogen) atoms. The van der Waals surface area contributed by atoms with Gasteiger partial charge in [-0.1, -0.05) is 57.4 Å². The number of hydrogen-bond donors (Lipinski definition) is 2. The average Bonchev–Trinajstić information content (AvgIpc) is 3.29. The molecule has 4 amide bonds.